The minimum atomic E-state index is -0.330. The maximum absolute atomic E-state index is 12.6. The number of carbonyl (C=O) groups excluding carboxylic acids is 1. The minimum absolute atomic E-state index is 0.101. The third-order valence-electron chi connectivity index (χ3n) is 2.65. The zero-order valence-corrected chi connectivity index (χ0v) is 12.6. The van der Waals surface area contributed by atoms with Crippen LogP contribution in [0.3, 0.4) is 0 Å². The maximum Gasteiger partial charge on any atom is 0.245 e. The Balaban J connectivity index is 2.03. The molecule has 6 nitrogen and oxygen atoms in total. The lowest BCUT2D eigenvalue weighted by molar-refractivity contribution is 0.105. The van der Waals surface area contributed by atoms with E-state index in [0.717, 1.165) is 10.2 Å². The van der Waals surface area contributed by atoms with Crippen molar-refractivity contribution in [3.63, 3.8) is 0 Å². The van der Waals surface area contributed by atoms with Crippen LogP contribution >= 0.6 is 22.7 Å². The number of Topliss-reactive ketones (excluding diaryl/α,β-unsaturated/α-hetero) is 1. The first-order valence-electron chi connectivity index (χ1n) is 5.92. The summed E-state index contributed by atoms with van der Waals surface area (Å²) in [6.07, 6.45) is 0. The van der Waals surface area contributed by atoms with E-state index in [-0.39, 0.29) is 11.5 Å². The number of ketones is 1. The molecule has 21 heavy (non-hydrogen) atoms. The zero-order chi connectivity index (χ0) is 14.8. The zero-order valence-electron chi connectivity index (χ0n) is 10.9. The number of oxime groups is 1. The van der Waals surface area contributed by atoms with Gasteiger partial charge in [-0.3, -0.25) is 4.79 Å². The highest BCUT2D eigenvalue weighted by molar-refractivity contribution is 7.21. The fourth-order valence-electron chi connectivity index (χ4n) is 1.76. The van der Waals surface area contributed by atoms with Crippen molar-refractivity contribution in [3.05, 3.63) is 40.3 Å². The Hall–Kier alpha value is -2.32. The first-order valence-corrected chi connectivity index (χ1v) is 7.61. The summed E-state index contributed by atoms with van der Waals surface area (Å²) in [5, 5.41) is 6.15. The Bertz CT molecular complexity index is 804. The predicted octanol–water partition coefficient (Wildman–Crippen LogP) is 2.57. The normalized spacial score (nSPS) is 11.8. The number of fused-ring (bicyclic) bond motifs is 1. The molecule has 0 aliphatic carbocycles. The van der Waals surface area contributed by atoms with E-state index in [1.54, 1.807) is 5.38 Å². The van der Waals surface area contributed by atoms with Crippen LogP contribution < -0.4 is 5.73 Å². The standard InChI is InChI=1S/C13H10N4O2S2/c1-19-17-10(8-6-20-13(14)16-8)11(18)12-15-7-4-2-3-5-9(7)21-12/h2-6H,1H3,(H2,14,16). The first-order chi connectivity index (χ1) is 10.2. The number of nitrogens with two attached hydrogens (primary N) is 1. The van der Waals surface area contributed by atoms with Crippen molar-refractivity contribution in [2.45, 2.75) is 0 Å². The summed E-state index contributed by atoms with van der Waals surface area (Å²) in [5.41, 5.74) is 6.87. The second-order valence-electron chi connectivity index (χ2n) is 4.01. The molecule has 0 atom stereocenters. The number of aromatic nitrogens is 2. The van der Waals surface area contributed by atoms with Crippen LogP contribution in [0, 0.1) is 0 Å². The van der Waals surface area contributed by atoms with Gasteiger partial charge in [-0.05, 0) is 12.1 Å². The Labute approximate surface area is 127 Å². The van der Waals surface area contributed by atoms with Gasteiger partial charge in [0, 0.05) is 5.38 Å². The molecule has 0 aliphatic heterocycles. The summed E-state index contributed by atoms with van der Waals surface area (Å²) in [6.45, 7) is 0. The number of rotatable bonds is 4. The summed E-state index contributed by atoms with van der Waals surface area (Å²) in [7, 11) is 1.38. The molecule has 0 bridgehead atoms. The Morgan fingerprint density at radius 2 is 2.14 bits per heavy atom. The van der Waals surface area contributed by atoms with E-state index in [1.165, 1.54) is 29.8 Å². The average molecular weight is 318 g/mol. The molecule has 0 aliphatic rings. The van der Waals surface area contributed by atoms with Gasteiger partial charge < -0.3 is 10.6 Å². The lowest BCUT2D eigenvalue weighted by Crippen LogP contribution is -2.16. The van der Waals surface area contributed by atoms with E-state index in [9.17, 15) is 4.79 Å². The van der Waals surface area contributed by atoms with Gasteiger partial charge in [0.15, 0.2) is 15.9 Å². The first kappa shape index (κ1) is 13.7. The van der Waals surface area contributed by atoms with Crippen LogP contribution in [0.15, 0.2) is 34.8 Å². The SMILES string of the molecule is CON=C(C(=O)c1nc2ccccc2s1)c1csc(N)n1. The van der Waals surface area contributed by atoms with Crippen LogP contribution in [0.4, 0.5) is 5.13 Å². The molecule has 0 radical (unpaired) electrons. The number of para-hydroxylation sites is 1. The summed E-state index contributed by atoms with van der Waals surface area (Å²) in [4.78, 5) is 25.7. The fraction of sp³-hybridized carbons (Fsp3) is 0.0769. The van der Waals surface area contributed by atoms with Gasteiger partial charge >= 0.3 is 0 Å². The average Bonchev–Trinajstić information content (AvgIpc) is 3.10. The molecular formula is C13H10N4O2S2. The van der Waals surface area contributed by atoms with Crippen LogP contribution in [0.2, 0.25) is 0 Å². The van der Waals surface area contributed by atoms with Crippen LogP contribution in [0.5, 0.6) is 0 Å². The molecule has 3 rings (SSSR count). The summed E-state index contributed by atoms with van der Waals surface area (Å²) < 4.78 is 0.940. The smallest absolute Gasteiger partial charge is 0.245 e. The number of nitrogen functional groups attached to an aromatic ring is 1. The van der Waals surface area contributed by atoms with Gasteiger partial charge in [0.05, 0.1) is 10.2 Å². The van der Waals surface area contributed by atoms with E-state index in [1.807, 2.05) is 24.3 Å². The molecule has 0 amide bonds. The second-order valence-corrected chi connectivity index (χ2v) is 5.93. The van der Waals surface area contributed by atoms with Crippen LogP contribution in [-0.4, -0.2) is 28.6 Å². The van der Waals surface area contributed by atoms with Crippen molar-refractivity contribution in [2.24, 2.45) is 5.16 Å². The third-order valence-corrected chi connectivity index (χ3v) is 4.36. The molecule has 0 saturated carbocycles. The van der Waals surface area contributed by atoms with Crippen molar-refractivity contribution in [1.29, 1.82) is 0 Å². The Morgan fingerprint density at radius 3 is 2.81 bits per heavy atom. The quantitative estimate of drug-likeness (QED) is 0.453. The monoisotopic (exact) mass is 318 g/mol. The molecule has 0 saturated heterocycles. The van der Waals surface area contributed by atoms with Gasteiger partial charge in [0.25, 0.3) is 0 Å². The van der Waals surface area contributed by atoms with Crippen LogP contribution in [0.1, 0.15) is 15.5 Å². The van der Waals surface area contributed by atoms with Gasteiger partial charge in [-0.15, -0.1) is 22.7 Å². The highest BCUT2D eigenvalue weighted by Gasteiger charge is 2.23. The van der Waals surface area contributed by atoms with Gasteiger partial charge in [-0.2, -0.15) is 0 Å². The number of hydrogen-bond donors (Lipinski definition) is 1. The molecule has 106 valence electrons. The fourth-order valence-corrected chi connectivity index (χ4v) is 3.22. The highest BCUT2D eigenvalue weighted by atomic mass is 32.1. The van der Waals surface area contributed by atoms with Crippen molar-refractivity contribution in [2.75, 3.05) is 12.8 Å². The topological polar surface area (TPSA) is 90.5 Å². The van der Waals surface area contributed by atoms with Crippen LogP contribution in [0.25, 0.3) is 10.2 Å². The van der Waals surface area contributed by atoms with Crippen LogP contribution in [-0.2, 0) is 4.84 Å². The van der Waals surface area contributed by atoms with Crippen molar-refractivity contribution in [1.82, 2.24) is 9.97 Å². The van der Waals surface area contributed by atoms with E-state index in [2.05, 4.69) is 15.1 Å². The van der Waals surface area contributed by atoms with Crippen molar-refractivity contribution < 1.29 is 9.63 Å². The van der Waals surface area contributed by atoms with Gasteiger partial charge in [0.1, 0.15) is 12.8 Å². The summed E-state index contributed by atoms with van der Waals surface area (Å²) >= 11 is 2.55. The van der Waals surface area contributed by atoms with E-state index in [4.69, 9.17) is 10.6 Å². The highest BCUT2D eigenvalue weighted by Crippen LogP contribution is 2.23. The number of benzene rings is 1. The number of thiazole rings is 2. The van der Waals surface area contributed by atoms with Crippen molar-refractivity contribution in [3.8, 4) is 0 Å². The molecule has 1 aromatic carbocycles. The molecule has 0 fully saturated rings. The maximum atomic E-state index is 12.6. The number of carbonyl (C=O) groups is 1. The Kier molecular flexibility index (Phi) is 3.63. The van der Waals surface area contributed by atoms with Crippen molar-refractivity contribution >= 4 is 49.5 Å². The summed E-state index contributed by atoms with van der Waals surface area (Å²) in [5.74, 6) is -0.330. The molecular weight excluding hydrogens is 308 g/mol. The van der Waals surface area contributed by atoms with E-state index >= 15 is 0 Å². The lowest BCUT2D eigenvalue weighted by atomic mass is 10.2. The molecule has 8 heteroatoms. The lowest BCUT2D eigenvalue weighted by Gasteiger charge is -1.98. The molecule has 0 unspecified atom stereocenters. The molecule has 0 spiro atoms. The number of nitrogens with zero attached hydrogens (tertiary/aromatic N) is 3. The number of anilines is 1. The third kappa shape index (κ3) is 2.63. The molecule has 2 N–H and O–H groups in total. The van der Waals surface area contributed by atoms with Gasteiger partial charge in [-0.1, -0.05) is 17.3 Å². The van der Waals surface area contributed by atoms with E-state index < -0.39 is 0 Å². The summed E-state index contributed by atoms with van der Waals surface area (Å²) in [6, 6.07) is 7.55. The molecule has 3 aromatic rings. The van der Waals surface area contributed by atoms with Gasteiger partial charge in [0.2, 0.25) is 5.78 Å². The minimum Gasteiger partial charge on any atom is -0.398 e. The van der Waals surface area contributed by atoms with Gasteiger partial charge in [-0.25, -0.2) is 9.97 Å². The Morgan fingerprint density at radius 1 is 1.33 bits per heavy atom. The predicted molar refractivity (Wildman–Crippen MR) is 84.0 cm³/mol. The number of hydrogen-bond acceptors (Lipinski definition) is 8. The van der Waals surface area contributed by atoms with E-state index in [0.29, 0.717) is 15.8 Å². The molecule has 2 aromatic heterocycles. The molecule has 2 heterocycles. The largest absolute Gasteiger partial charge is 0.398 e. The second kappa shape index (κ2) is 5.58.